The first kappa shape index (κ1) is 15.8. The molecular weight excluding hydrogens is 298 g/mol. The van der Waals surface area contributed by atoms with Gasteiger partial charge in [-0.05, 0) is 12.5 Å². The van der Waals surface area contributed by atoms with E-state index < -0.39 is 11.4 Å². The van der Waals surface area contributed by atoms with E-state index in [1.807, 2.05) is 24.3 Å². The van der Waals surface area contributed by atoms with Gasteiger partial charge in [-0.1, -0.05) is 18.2 Å². The fraction of sp³-hybridized carbons (Fsp3) is 0.529. The summed E-state index contributed by atoms with van der Waals surface area (Å²) in [6.07, 6.45) is 0.679. The van der Waals surface area contributed by atoms with Crippen LogP contribution in [0.3, 0.4) is 0 Å². The number of hydrogen-bond acceptors (Lipinski definition) is 4. The zero-order valence-corrected chi connectivity index (χ0v) is 13.2. The van der Waals surface area contributed by atoms with E-state index >= 15 is 0 Å². The minimum atomic E-state index is -0.852. The van der Waals surface area contributed by atoms with E-state index in [1.54, 1.807) is 12.0 Å². The van der Waals surface area contributed by atoms with Crippen LogP contribution in [-0.2, 0) is 20.7 Å². The van der Waals surface area contributed by atoms with Gasteiger partial charge in [-0.3, -0.25) is 9.59 Å². The number of nitrogens with zero attached hydrogens (tertiary/aromatic N) is 1. The lowest BCUT2D eigenvalue weighted by atomic mass is 9.74. The molecule has 0 unspecified atom stereocenters. The Morgan fingerprint density at radius 2 is 2.22 bits per heavy atom. The number of carboxylic acid groups (broad SMARTS) is 1. The Bertz CT molecular complexity index is 617. The number of rotatable bonds is 4. The van der Waals surface area contributed by atoms with Gasteiger partial charge in [-0.25, -0.2) is 0 Å². The predicted octanol–water partition coefficient (Wildman–Crippen LogP) is 1.19. The van der Waals surface area contributed by atoms with Gasteiger partial charge < -0.3 is 19.5 Å². The highest BCUT2D eigenvalue weighted by Gasteiger charge is 2.54. The number of carbonyl (C=O) groups excluding carboxylic acids is 1. The van der Waals surface area contributed by atoms with E-state index in [-0.39, 0.29) is 24.8 Å². The van der Waals surface area contributed by atoms with Gasteiger partial charge in [-0.15, -0.1) is 0 Å². The summed E-state index contributed by atoms with van der Waals surface area (Å²) in [6, 6.07) is 7.39. The molecule has 1 N–H and O–H groups in total. The molecule has 2 aliphatic heterocycles. The number of benzene rings is 1. The maximum atomic E-state index is 12.6. The number of ether oxygens (including phenoxy) is 2. The largest absolute Gasteiger partial charge is 0.496 e. The normalized spacial score (nSPS) is 26.7. The Kier molecular flexibility index (Phi) is 4.26. The summed E-state index contributed by atoms with van der Waals surface area (Å²) in [4.78, 5) is 26.1. The van der Waals surface area contributed by atoms with Gasteiger partial charge in [0, 0.05) is 31.2 Å². The first-order valence-electron chi connectivity index (χ1n) is 7.77. The molecule has 6 nitrogen and oxygen atoms in total. The average Bonchev–Trinajstić information content (AvgIpc) is 2.96. The monoisotopic (exact) mass is 319 g/mol. The highest BCUT2D eigenvalue weighted by Crippen LogP contribution is 2.42. The van der Waals surface area contributed by atoms with Crippen LogP contribution in [0.4, 0.5) is 0 Å². The molecule has 1 aromatic rings. The second kappa shape index (κ2) is 6.20. The van der Waals surface area contributed by atoms with E-state index in [2.05, 4.69) is 0 Å². The van der Waals surface area contributed by atoms with Gasteiger partial charge in [0.25, 0.3) is 0 Å². The van der Waals surface area contributed by atoms with Crippen LogP contribution in [0.25, 0.3) is 0 Å². The molecular formula is C17H21NO5. The molecule has 2 heterocycles. The number of carbonyl (C=O) groups is 2. The third kappa shape index (κ3) is 2.79. The van der Waals surface area contributed by atoms with Crippen molar-refractivity contribution >= 4 is 11.9 Å². The molecule has 1 amide bonds. The van der Waals surface area contributed by atoms with Crippen molar-refractivity contribution in [2.75, 3.05) is 33.4 Å². The number of hydrogen-bond donors (Lipinski definition) is 1. The average molecular weight is 319 g/mol. The van der Waals surface area contributed by atoms with Crippen molar-refractivity contribution in [3.8, 4) is 5.75 Å². The first-order valence-corrected chi connectivity index (χ1v) is 7.77. The molecule has 2 atom stereocenters. The van der Waals surface area contributed by atoms with Crippen molar-refractivity contribution in [2.45, 2.75) is 12.8 Å². The summed E-state index contributed by atoms with van der Waals surface area (Å²) >= 11 is 0. The lowest BCUT2D eigenvalue weighted by Crippen LogP contribution is -2.45. The van der Waals surface area contributed by atoms with Crippen molar-refractivity contribution in [2.24, 2.45) is 11.3 Å². The Morgan fingerprint density at radius 3 is 2.91 bits per heavy atom. The van der Waals surface area contributed by atoms with Gasteiger partial charge in [0.05, 0.1) is 25.6 Å². The molecule has 0 aliphatic carbocycles. The second-order valence-electron chi connectivity index (χ2n) is 6.25. The van der Waals surface area contributed by atoms with Crippen LogP contribution < -0.4 is 4.74 Å². The van der Waals surface area contributed by atoms with Gasteiger partial charge in [0.15, 0.2) is 0 Å². The summed E-state index contributed by atoms with van der Waals surface area (Å²) < 4.78 is 10.7. The quantitative estimate of drug-likeness (QED) is 0.902. The lowest BCUT2D eigenvalue weighted by Gasteiger charge is -2.33. The second-order valence-corrected chi connectivity index (χ2v) is 6.25. The summed E-state index contributed by atoms with van der Waals surface area (Å²) in [5.41, 5.74) is -0.0372. The predicted molar refractivity (Wildman–Crippen MR) is 82.3 cm³/mol. The number of carboxylic acids is 1. The number of methoxy groups -OCH3 is 1. The number of likely N-dealkylation sites (tertiary alicyclic amines) is 1. The number of para-hydroxylation sites is 1. The van der Waals surface area contributed by atoms with Crippen LogP contribution in [0.15, 0.2) is 24.3 Å². The van der Waals surface area contributed by atoms with Gasteiger partial charge in [0.1, 0.15) is 5.75 Å². The molecule has 124 valence electrons. The maximum absolute atomic E-state index is 12.6. The molecule has 3 rings (SSSR count). The number of aliphatic carboxylic acids is 1. The van der Waals surface area contributed by atoms with Crippen molar-refractivity contribution in [1.29, 1.82) is 0 Å². The molecule has 0 bridgehead atoms. The third-order valence-electron chi connectivity index (χ3n) is 5.02. The summed E-state index contributed by atoms with van der Waals surface area (Å²) in [7, 11) is 1.57. The first-order chi connectivity index (χ1) is 11.1. The van der Waals surface area contributed by atoms with E-state index in [0.717, 1.165) is 5.56 Å². The smallest absolute Gasteiger partial charge is 0.311 e. The van der Waals surface area contributed by atoms with Crippen molar-refractivity contribution in [3.05, 3.63) is 29.8 Å². The van der Waals surface area contributed by atoms with Crippen molar-refractivity contribution in [3.63, 3.8) is 0 Å². The highest BCUT2D eigenvalue weighted by molar-refractivity contribution is 5.83. The molecule has 0 radical (unpaired) electrons. The number of amides is 1. The minimum Gasteiger partial charge on any atom is -0.496 e. The molecule has 0 saturated carbocycles. The molecule has 0 aromatic heterocycles. The Morgan fingerprint density at radius 1 is 1.43 bits per heavy atom. The molecule has 23 heavy (non-hydrogen) atoms. The van der Waals surface area contributed by atoms with E-state index in [1.165, 1.54) is 0 Å². The Labute approximate surface area is 135 Å². The Balaban J connectivity index is 1.75. The zero-order chi connectivity index (χ0) is 16.4. The van der Waals surface area contributed by atoms with E-state index in [9.17, 15) is 14.7 Å². The van der Waals surface area contributed by atoms with Crippen LogP contribution in [0.1, 0.15) is 12.0 Å². The fourth-order valence-electron chi connectivity index (χ4n) is 3.61. The van der Waals surface area contributed by atoms with Gasteiger partial charge in [-0.2, -0.15) is 0 Å². The van der Waals surface area contributed by atoms with Crippen LogP contribution >= 0.6 is 0 Å². The van der Waals surface area contributed by atoms with Crippen LogP contribution in [0.5, 0.6) is 5.75 Å². The molecule has 6 heteroatoms. The fourth-order valence-corrected chi connectivity index (χ4v) is 3.61. The number of fused-ring (bicyclic) bond motifs is 1. The summed E-state index contributed by atoms with van der Waals surface area (Å²) in [5.74, 6) is -0.341. The minimum absolute atomic E-state index is 0.0653. The molecule has 2 fully saturated rings. The molecule has 2 aliphatic rings. The van der Waals surface area contributed by atoms with Crippen LogP contribution in [0, 0.1) is 11.3 Å². The van der Waals surface area contributed by atoms with Crippen molar-refractivity contribution in [1.82, 2.24) is 4.90 Å². The molecule has 0 spiro atoms. The topological polar surface area (TPSA) is 76.1 Å². The Hall–Kier alpha value is -2.08. The maximum Gasteiger partial charge on any atom is 0.311 e. The standard InChI is InChI=1S/C17H21NO5/c1-22-14-5-3-2-4-12(14)8-15(19)18-9-13-10-23-7-6-17(13,11-18)16(20)21/h2-5,13H,6-11H2,1H3,(H,20,21)/t13-,17+/m0/s1. The van der Waals surface area contributed by atoms with Gasteiger partial charge >= 0.3 is 5.97 Å². The molecule has 2 saturated heterocycles. The van der Waals surface area contributed by atoms with Gasteiger partial charge in [0.2, 0.25) is 5.91 Å². The zero-order valence-electron chi connectivity index (χ0n) is 13.2. The third-order valence-corrected chi connectivity index (χ3v) is 5.02. The lowest BCUT2D eigenvalue weighted by molar-refractivity contribution is -0.157. The van der Waals surface area contributed by atoms with Crippen LogP contribution in [-0.4, -0.2) is 55.3 Å². The SMILES string of the molecule is COc1ccccc1CC(=O)N1C[C@H]2COCC[C@@]2(C(=O)O)C1. The summed E-state index contributed by atoms with van der Waals surface area (Å²) in [5, 5.41) is 9.66. The van der Waals surface area contributed by atoms with E-state index in [0.29, 0.717) is 31.9 Å². The molecule has 1 aromatic carbocycles. The van der Waals surface area contributed by atoms with Crippen molar-refractivity contribution < 1.29 is 24.2 Å². The van der Waals surface area contributed by atoms with E-state index in [4.69, 9.17) is 9.47 Å². The van der Waals surface area contributed by atoms with Crippen LogP contribution in [0.2, 0.25) is 0 Å². The summed E-state index contributed by atoms with van der Waals surface area (Å²) in [6.45, 7) is 1.56. The highest BCUT2D eigenvalue weighted by atomic mass is 16.5.